The predicted molar refractivity (Wildman–Crippen MR) is 36.3 cm³/mol. The Morgan fingerprint density at radius 2 is 2.20 bits per heavy atom. The Hall–Kier alpha value is -0.860. The maximum Gasteiger partial charge on any atom is 0.309 e. The first-order chi connectivity index (χ1) is 4.56. The normalized spacial score (nSPS) is 15.8. The van der Waals surface area contributed by atoms with Crippen LogP contribution in [-0.2, 0) is 9.59 Å². The minimum Gasteiger partial charge on any atom is -0.481 e. The molecule has 0 heterocycles. The molecule has 0 aliphatic heterocycles. The average Bonchev–Trinajstić information content (AvgIpc) is 1.88. The first kappa shape index (κ1) is 9.14. The molecule has 0 fully saturated rings. The molecule has 0 aromatic carbocycles. The zero-order chi connectivity index (χ0) is 8.20. The summed E-state index contributed by atoms with van der Waals surface area (Å²) in [6.45, 7) is 3.28. The maximum atomic E-state index is 10.5. The van der Waals surface area contributed by atoms with Crippen molar-refractivity contribution >= 4 is 12.3 Å². The molecule has 3 heteroatoms. The molecular weight excluding hydrogens is 132 g/mol. The number of carbonyl (C=O) groups is 1. The lowest BCUT2D eigenvalue weighted by atomic mass is 9.85. The molecule has 57 valence electrons. The van der Waals surface area contributed by atoms with Crippen LogP contribution in [0.15, 0.2) is 0 Å². The highest BCUT2D eigenvalue weighted by atomic mass is 16.4. The molecule has 1 unspecified atom stereocenters. The molecule has 3 nitrogen and oxygen atoms in total. The van der Waals surface area contributed by atoms with Gasteiger partial charge in [0.25, 0.3) is 0 Å². The lowest BCUT2D eigenvalue weighted by Gasteiger charge is -2.18. The number of rotatable bonds is 4. The van der Waals surface area contributed by atoms with Crippen LogP contribution < -0.4 is 0 Å². The molecule has 0 saturated heterocycles. The van der Waals surface area contributed by atoms with Gasteiger partial charge in [-0.15, -0.1) is 0 Å². The summed E-state index contributed by atoms with van der Waals surface area (Å²) in [5.41, 5.74) is -0.915. The van der Waals surface area contributed by atoms with Gasteiger partial charge in [-0.1, -0.05) is 6.92 Å². The minimum absolute atomic E-state index is 0.0289. The highest BCUT2D eigenvalue weighted by Crippen LogP contribution is 2.24. The van der Waals surface area contributed by atoms with Crippen LogP contribution in [0.4, 0.5) is 0 Å². The number of hydrogen-bond donors (Lipinski definition) is 1. The molecule has 0 amide bonds. The summed E-state index contributed by atoms with van der Waals surface area (Å²) >= 11 is 0. The van der Waals surface area contributed by atoms with Gasteiger partial charge in [0.1, 0.15) is 0 Å². The van der Waals surface area contributed by atoms with E-state index in [1.165, 1.54) is 0 Å². The van der Waals surface area contributed by atoms with E-state index in [4.69, 9.17) is 5.11 Å². The first-order valence-corrected chi connectivity index (χ1v) is 3.15. The van der Waals surface area contributed by atoms with Gasteiger partial charge in [-0.3, -0.25) is 9.59 Å². The van der Waals surface area contributed by atoms with Crippen LogP contribution in [0.2, 0.25) is 0 Å². The second-order valence-corrected chi connectivity index (χ2v) is 2.54. The summed E-state index contributed by atoms with van der Waals surface area (Å²) in [4.78, 5) is 20.4. The predicted octanol–water partition coefficient (Wildman–Crippen LogP) is 0.987. The van der Waals surface area contributed by atoms with Crippen molar-refractivity contribution in [2.24, 2.45) is 5.41 Å². The van der Waals surface area contributed by atoms with E-state index in [9.17, 15) is 9.59 Å². The van der Waals surface area contributed by atoms with Crippen molar-refractivity contribution in [3.8, 4) is 0 Å². The molecule has 0 bridgehead atoms. The van der Waals surface area contributed by atoms with E-state index in [1.54, 1.807) is 20.1 Å². The summed E-state index contributed by atoms with van der Waals surface area (Å²) in [5, 5.41) is 8.58. The smallest absolute Gasteiger partial charge is 0.309 e. The van der Waals surface area contributed by atoms with E-state index in [2.05, 4.69) is 0 Å². The fraction of sp³-hybridized carbons (Fsp3) is 0.714. The maximum absolute atomic E-state index is 10.5. The standard InChI is InChI=1S/C7H11O3/c1-3-7(2,4-5-8)6(9)10/h3-4H2,1-2H3,(H,9,10). The van der Waals surface area contributed by atoms with Crippen LogP contribution >= 0.6 is 0 Å². The van der Waals surface area contributed by atoms with E-state index in [0.29, 0.717) is 6.42 Å². The highest BCUT2D eigenvalue weighted by Gasteiger charge is 2.30. The van der Waals surface area contributed by atoms with Crippen LogP contribution in [0.25, 0.3) is 0 Å². The number of carbonyl (C=O) groups excluding carboxylic acids is 1. The molecule has 0 saturated carbocycles. The van der Waals surface area contributed by atoms with E-state index in [-0.39, 0.29) is 6.42 Å². The number of hydrogen-bond acceptors (Lipinski definition) is 2. The topological polar surface area (TPSA) is 54.4 Å². The van der Waals surface area contributed by atoms with E-state index in [0.717, 1.165) is 0 Å². The third-order valence-electron chi connectivity index (χ3n) is 1.76. The second kappa shape index (κ2) is 3.34. The Balaban J connectivity index is 4.21. The summed E-state index contributed by atoms with van der Waals surface area (Å²) in [6.07, 6.45) is 2.04. The van der Waals surface area contributed by atoms with Crippen molar-refractivity contribution in [2.75, 3.05) is 0 Å². The van der Waals surface area contributed by atoms with Gasteiger partial charge in [-0.2, -0.15) is 0 Å². The van der Waals surface area contributed by atoms with Gasteiger partial charge in [0.05, 0.1) is 5.41 Å². The molecular formula is C7H11O3. The zero-order valence-electron chi connectivity index (χ0n) is 6.18. The summed E-state index contributed by atoms with van der Waals surface area (Å²) in [6, 6.07) is 0. The van der Waals surface area contributed by atoms with Gasteiger partial charge in [-0.05, 0) is 13.3 Å². The summed E-state index contributed by atoms with van der Waals surface area (Å²) in [7, 11) is 0. The van der Waals surface area contributed by atoms with Crippen molar-refractivity contribution in [1.29, 1.82) is 0 Å². The Labute approximate surface area is 60.0 Å². The molecule has 0 aromatic heterocycles. The minimum atomic E-state index is -0.932. The Bertz CT molecular complexity index is 142. The number of carboxylic acids is 1. The molecule has 1 N–H and O–H groups in total. The van der Waals surface area contributed by atoms with Crippen LogP contribution in [0.3, 0.4) is 0 Å². The average molecular weight is 143 g/mol. The summed E-state index contributed by atoms with van der Waals surface area (Å²) in [5.74, 6) is -0.932. The summed E-state index contributed by atoms with van der Waals surface area (Å²) < 4.78 is 0. The molecule has 0 aromatic rings. The largest absolute Gasteiger partial charge is 0.481 e. The van der Waals surface area contributed by atoms with Crippen LogP contribution in [0.1, 0.15) is 26.7 Å². The SMILES string of the molecule is CCC(C)(C[C]=O)C(=O)O. The number of aliphatic carboxylic acids is 1. The van der Waals surface area contributed by atoms with Crippen molar-refractivity contribution in [3.05, 3.63) is 0 Å². The van der Waals surface area contributed by atoms with Crippen molar-refractivity contribution in [3.63, 3.8) is 0 Å². The molecule has 0 rings (SSSR count). The molecule has 0 aliphatic carbocycles. The quantitative estimate of drug-likeness (QED) is 0.638. The lowest BCUT2D eigenvalue weighted by Crippen LogP contribution is -2.26. The van der Waals surface area contributed by atoms with Gasteiger partial charge in [0.15, 0.2) is 6.29 Å². The molecule has 1 radical (unpaired) electrons. The third-order valence-corrected chi connectivity index (χ3v) is 1.76. The zero-order valence-corrected chi connectivity index (χ0v) is 6.18. The fourth-order valence-corrected chi connectivity index (χ4v) is 0.511. The van der Waals surface area contributed by atoms with Crippen molar-refractivity contribution < 1.29 is 14.7 Å². The fourth-order valence-electron chi connectivity index (χ4n) is 0.511. The van der Waals surface area contributed by atoms with Gasteiger partial charge >= 0.3 is 5.97 Å². The van der Waals surface area contributed by atoms with Crippen LogP contribution in [0, 0.1) is 5.41 Å². The van der Waals surface area contributed by atoms with Gasteiger partial charge in [0, 0.05) is 6.42 Å². The molecule has 10 heavy (non-hydrogen) atoms. The monoisotopic (exact) mass is 143 g/mol. The van der Waals surface area contributed by atoms with Crippen molar-refractivity contribution in [2.45, 2.75) is 26.7 Å². The number of carboxylic acid groups (broad SMARTS) is 1. The highest BCUT2D eigenvalue weighted by molar-refractivity contribution is 5.77. The van der Waals surface area contributed by atoms with E-state index >= 15 is 0 Å². The second-order valence-electron chi connectivity index (χ2n) is 2.54. The Morgan fingerprint density at radius 3 is 2.30 bits per heavy atom. The van der Waals surface area contributed by atoms with Gasteiger partial charge in [0.2, 0.25) is 0 Å². The third kappa shape index (κ3) is 1.83. The van der Waals surface area contributed by atoms with Gasteiger partial charge < -0.3 is 5.11 Å². The van der Waals surface area contributed by atoms with Gasteiger partial charge in [-0.25, -0.2) is 0 Å². The Kier molecular flexibility index (Phi) is 3.06. The van der Waals surface area contributed by atoms with Crippen LogP contribution in [0.5, 0.6) is 0 Å². The lowest BCUT2D eigenvalue weighted by molar-refractivity contribution is -0.147. The Morgan fingerprint density at radius 1 is 1.70 bits per heavy atom. The van der Waals surface area contributed by atoms with E-state index < -0.39 is 11.4 Å². The van der Waals surface area contributed by atoms with Crippen LogP contribution in [-0.4, -0.2) is 17.4 Å². The molecule has 1 atom stereocenters. The molecule has 0 aliphatic rings. The first-order valence-electron chi connectivity index (χ1n) is 3.15. The van der Waals surface area contributed by atoms with Crippen molar-refractivity contribution in [1.82, 2.24) is 0 Å². The molecule has 0 spiro atoms. The van der Waals surface area contributed by atoms with E-state index in [1.807, 2.05) is 0 Å².